The smallest absolute Gasteiger partial charge is 0.269 e. The molecule has 0 aromatic carbocycles. The summed E-state index contributed by atoms with van der Waals surface area (Å²) >= 11 is 0. The quantitative estimate of drug-likeness (QED) is 0.639. The molecule has 1 aromatic heterocycles. The molecule has 1 aromatic rings. The van der Waals surface area contributed by atoms with Crippen LogP contribution < -0.4 is 11.1 Å². The van der Waals surface area contributed by atoms with Crippen molar-refractivity contribution in [3.8, 4) is 0 Å². The second-order valence-electron chi connectivity index (χ2n) is 3.52. The highest BCUT2D eigenvalue weighted by atomic mass is 16.2. The Morgan fingerprint density at radius 3 is 2.86 bits per heavy atom. The Kier molecular flexibility index (Phi) is 3.64. The molecule has 1 rings (SSSR count). The van der Waals surface area contributed by atoms with E-state index in [1.807, 2.05) is 13.8 Å². The van der Waals surface area contributed by atoms with Crippen LogP contribution in [-0.2, 0) is 0 Å². The lowest BCUT2D eigenvalue weighted by Gasteiger charge is -2.19. The van der Waals surface area contributed by atoms with Crippen LogP contribution in [0.2, 0.25) is 0 Å². The second kappa shape index (κ2) is 4.76. The second-order valence-corrected chi connectivity index (χ2v) is 3.52. The van der Waals surface area contributed by atoms with Crippen molar-refractivity contribution in [3.05, 3.63) is 18.2 Å². The molecule has 4 N–H and O–H groups in total. The van der Waals surface area contributed by atoms with Gasteiger partial charge in [-0.15, -0.1) is 0 Å². The van der Waals surface area contributed by atoms with Crippen LogP contribution in [-0.4, -0.2) is 28.5 Å². The van der Waals surface area contributed by atoms with E-state index in [1.165, 1.54) is 12.5 Å². The highest BCUT2D eigenvalue weighted by Gasteiger charge is 2.15. The number of amides is 1. The first-order valence-electron chi connectivity index (χ1n) is 4.64. The highest BCUT2D eigenvalue weighted by molar-refractivity contribution is 5.92. The first kappa shape index (κ1) is 10.7. The Morgan fingerprint density at radius 2 is 2.43 bits per heavy atom. The Hall–Kier alpha value is -1.36. The number of carbonyl (C=O) groups is 1. The number of nitrogens with two attached hydrogens (primary N) is 1. The van der Waals surface area contributed by atoms with Gasteiger partial charge in [0, 0.05) is 12.6 Å². The summed E-state index contributed by atoms with van der Waals surface area (Å²) in [4.78, 5) is 18.1. The summed E-state index contributed by atoms with van der Waals surface area (Å²) in [5, 5.41) is 2.83. The van der Waals surface area contributed by atoms with Crippen molar-refractivity contribution >= 4 is 5.91 Å². The molecule has 0 aliphatic rings. The lowest BCUT2D eigenvalue weighted by atomic mass is 10.0. The van der Waals surface area contributed by atoms with Gasteiger partial charge in [0.25, 0.3) is 5.91 Å². The van der Waals surface area contributed by atoms with Crippen molar-refractivity contribution in [2.45, 2.75) is 19.9 Å². The fourth-order valence-electron chi connectivity index (χ4n) is 1.12. The standard InChI is InChI=1S/C9H16N4O/c1-6(2)7(3-10)13-9(14)8-4-11-5-12-8/h4-7H,3,10H2,1-2H3,(H,11,12)(H,13,14). The Bertz CT molecular complexity index is 281. The van der Waals surface area contributed by atoms with Gasteiger partial charge in [0.2, 0.25) is 0 Å². The fourth-order valence-corrected chi connectivity index (χ4v) is 1.12. The fraction of sp³-hybridized carbons (Fsp3) is 0.556. The zero-order valence-electron chi connectivity index (χ0n) is 8.45. The number of nitrogens with zero attached hydrogens (tertiary/aromatic N) is 1. The lowest BCUT2D eigenvalue weighted by Crippen LogP contribution is -2.43. The van der Waals surface area contributed by atoms with Gasteiger partial charge in [-0.1, -0.05) is 13.8 Å². The maximum absolute atomic E-state index is 11.5. The van der Waals surface area contributed by atoms with Crippen molar-refractivity contribution < 1.29 is 4.79 Å². The molecule has 5 heteroatoms. The molecule has 1 unspecified atom stereocenters. The molecule has 14 heavy (non-hydrogen) atoms. The molecule has 0 bridgehead atoms. The Labute approximate surface area is 83.1 Å². The molecule has 0 radical (unpaired) electrons. The molecule has 0 fully saturated rings. The van der Waals surface area contributed by atoms with Crippen molar-refractivity contribution in [1.82, 2.24) is 15.3 Å². The number of hydrogen-bond acceptors (Lipinski definition) is 3. The monoisotopic (exact) mass is 196 g/mol. The minimum atomic E-state index is -0.161. The third-order valence-electron chi connectivity index (χ3n) is 2.12. The van der Waals surface area contributed by atoms with Crippen LogP contribution >= 0.6 is 0 Å². The lowest BCUT2D eigenvalue weighted by molar-refractivity contribution is 0.0923. The van der Waals surface area contributed by atoms with E-state index in [2.05, 4.69) is 15.3 Å². The Balaban J connectivity index is 2.56. The minimum absolute atomic E-state index is 0.00537. The summed E-state index contributed by atoms with van der Waals surface area (Å²) < 4.78 is 0. The number of imidazole rings is 1. The predicted molar refractivity (Wildman–Crippen MR) is 53.7 cm³/mol. The molecule has 0 spiro atoms. The van der Waals surface area contributed by atoms with Crippen LogP contribution in [0.15, 0.2) is 12.5 Å². The van der Waals surface area contributed by atoms with Crippen LogP contribution in [0.25, 0.3) is 0 Å². The number of aromatic nitrogens is 2. The maximum atomic E-state index is 11.5. The average Bonchev–Trinajstić information content (AvgIpc) is 2.65. The molecule has 1 amide bonds. The van der Waals surface area contributed by atoms with Gasteiger partial charge < -0.3 is 16.0 Å². The summed E-state index contributed by atoms with van der Waals surface area (Å²) in [6.45, 7) is 4.48. The molecule has 1 atom stereocenters. The van der Waals surface area contributed by atoms with E-state index in [-0.39, 0.29) is 11.9 Å². The van der Waals surface area contributed by atoms with Gasteiger partial charge in [-0.25, -0.2) is 4.98 Å². The van der Waals surface area contributed by atoms with E-state index in [0.717, 1.165) is 0 Å². The van der Waals surface area contributed by atoms with Gasteiger partial charge in [-0.2, -0.15) is 0 Å². The third-order valence-corrected chi connectivity index (χ3v) is 2.12. The van der Waals surface area contributed by atoms with Crippen LogP contribution in [0, 0.1) is 5.92 Å². The molecule has 0 saturated carbocycles. The van der Waals surface area contributed by atoms with E-state index in [1.54, 1.807) is 0 Å². The molecule has 1 heterocycles. The van der Waals surface area contributed by atoms with Crippen molar-refractivity contribution in [3.63, 3.8) is 0 Å². The first-order valence-corrected chi connectivity index (χ1v) is 4.64. The number of aromatic amines is 1. The molecular formula is C9H16N4O. The number of carbonyl (C=O) groups excluding carboxylic acids is 1. The van der Waals surface area contributed by atoms with E-state index in [4.69, 9.17) is 5.73 Å². The number of hydrogen-bond donors (Lipinski definition) is 3. The van der Waals surface area contributed by atoms with Gasteiger partial charge in [0.15, 0.2) is 0 Å². The average molecular weight is 196 g/mol. The number of rotatable bonds is 4. The first-order chi connectivity index (χ1) is 6.65. The van der Waals surface area contributed by atoms with E-state index < -0.39 is 0 Å². The molecule has 5 nitrogen and oxygen atoms in total. The van der Waals surface area contributed by atoms with E-state index in [0.29, 0.717) is 18.2 Å². The van der Waals surface area contributed by atoms with Gasteiger partial charge in [0.1, 0.15) is 5.69 Å². The number of nitrogens with one attached hydrogen (secondary N) is 2. The highest BCUT2D eigenvalue weighted by Crippen LogP contribution is 2.01. The molecule has 0 aliphatic carbocycles. The third kappa shape index (κ3) is 2.56. The minimum Gasteiger partial charge on any atom is -0.346 e. The molecular weight excluding hydrogens is 180 g/mol. The SMILES string of the molecule is CC(C)C(CN)NC(=O)c1cnc[nH]1. The summed E-state index contributed by atoms with van der Waals surface area (Å²) in [6, 6.07) is 0.00537. The summed E-state index contributed by atoms with van der Waals surface area (Å²) in [7, 11) is 0. The van der Waals surface area contributed by atoms with Crippen LogP contribution in [0.1, 0.15) is 24.3 Å². The predicted octanol–water partition coefficient (Wildman–Crippen LogP) is 0.123. The molecule has 78 valence electrons. The van der Waals surface area contributed by atoms with Crippen LogP contribution in [0.5, 0.6) is 0 Å². The van der Waals surface area contributed by atoms with E-state index in [9.17, 15) is 4.79 Å². The van der Waals surface area contributed by atoms with Crippen LogP contribution in [0.3, 0.4) is 0 Å². The van der Waals surface area contributed by atoms with Gasteiger partial charge in [-0.05, 0) is 5.92 Å². The summed E-state index contributed by atoms with van der Waals surface area (Å²) in [5.41, 5.74) is 6.00. The largest absolute Gasteiger partial charge is 0.346 e. The van der Waals surface area contributed by atoms with Crippen LogP contribution in [0.4, 0.5) is 0 Å². The number of H-pyrrole nitrogens is 1. The summed E-state index contributed by atoms with van der Waals surface area (Å²) in [6.07, 6.45) is 2.96. The van der Waals surface area contributed by atoms with Crippen molar-refractivity contribution in [2.75, 3.05) is 6.54 Å². The Morgan fingerprint density at radius 1 is 1.71 bits per heavy atom. The van der Waals surface area contributed by atoms with Crippen molar-refractivity contribution in [2.24, 2.45) is 11.7 Å². The zero-order valence-corrected chi connectivity index (χ0v) is 8.45. The molecule has 0 saturated heterocycles. The topological polar surface area (TPSA) is 83.8 Å². The van der Waals surface area contributed by atoms with E-state index >= 15 is 0 Å². The molecule has 0 aliphatic heterocycles. The van der Waals surface area contributed by atoms with Gasteiger partial charge >= 0.3 is 0 Å². The zero-order chi connectivity index (χ0) is 10.6. The maximum Gasteiger partial charge on any atom is 0.269 e. The van der Waals surface area contributed by atoms with Gasteiger partial charge in [-0.3, -0.25) is 4.79 Å². The van der Waals surface area contributed by atoms with Gasteiger partial charge in [0.05, 0.1) is 12.5 Å². The normalized spacial score (nSPS) is 12.9. The van der Waals surface area contributed by atoms with Crippen molar-refractivity contribution in [1.29, 1.82) is 0 Å². The summed E-state index contributed by atoms with van der Waals surface area (Å²) in [5.74, 6) is 0.165.